The number of fused-ring (bicyclic) bond motifs is 1. The number of H-pyrrole nitrogens is 1. The Hall–Kier alpha value is -3.61. The van der Waals surface area contributed by atoms with Crippen molar-refractivity contribution >= 4 is 40.5 Å². The van der Waals surface area contributed by atoms with Gasteiger partial charge in [-0.15, -0.1) is 0 Å². The summed E-state index contributed by atoms with van der Waals surface area (Å²) in [6.45, 7) is 0.427. The highest BCUT2D eigenvalue weighted by Gasteiger charge is 2.37. The fourth-order valence-electron chi connectivity index (χ4n) is 3.77. The van der Waals surface area contributed by atoms with Crippen molar-refractivity contribution in [2.24, 2.45) is 0 Å². The van der Waals surface area contributed by atoms with Gasteiger partial charge in [-0.1, -0.05) is 11.6 Å². The summed E-state index contributed by atoms with van der Waals surface area (Å²) in [6.07, 6.45) is -0.583. The Morgan fingerprint density at radius 2 is 2.11 bits per heavy atom. The summed E-state index contributed by atoms with van der Waals surface area (Å²) in [6, 6.07) is 2.13. The minimum absolute atomic E-state index is 0.128. The van der Waals surface area contributed by atoms with Crippen molar-refractivity contribution in [1.82, 2.24) is 30.2 Å². The zero-order valence-electron chi connectivity index (χ0n) is 18.5. The second-order valence-electron chi connectivity index (χ2n) is 7.68. The number of hydrogen-bond acceptors (Lipinski definition) is 7. The fourth-order valence-corrected chi connectivity index (χ4v) is 3.93. The molecule has 2 amide bonds. The molecule has 0 bridgehead atoms. The van der Waals surface area contributed by atoms with E-state index in [4.69, 9.17) is 16.3 Å². The molecule has 0 spiro atoms. The first kappa shape index (κ1) is 24.5. The summed E-state index contributed by atoms with van der Waals surface area (Å²) in [5, 5.41) is 3.00. The van der Waals surface area contributed by atoms with E-state index in [1.165, 1.54) is 17.3 Å². The number of aromatic amines is 1. The van der Waals surface area contributed by atoms with Crippen LogP contribution in [0.15, 0.2) is 30.7 Å². The predicted octanol–water partition coefficient (Wildman–Crippen LogP) is 3.00. The zero-order valence-corrected chi connectivity index (χ0v) is 19.2. The molecule has 4 rings (SSSR count). The molecule has 0 saturated carbocycles. The van der Waals surface area contributed by atoms with Gasteiger partial charge < -0.3 is 24.8 Å². The van der Waals surface area contributed by atoms with Gasteiger partial charge >= 0.3 is 12.3 Å². The number of nitrogens with one attached hydrogen (secondary N) is 2. The maximum atomic E-state index is 12.8. The third-order valence-corrected chi connectivity index (χ3v) is 5.55. The number of amides is 2. The Kier molecular flexibility index (Phi) is 6.96. The summed E-state index contributed by atoms with van der Waals surface area (Å²) in [4.78, 5) is 43.9. The van der Waals surface area contributed by atoms with E-state index in [0.717, 1.165) is 0 Å². The highest BCUT2D eigenvalue weighted by Crippen LogP contribution is 2.29. The van der Waals surface area contributed by atoms with Gasteiger partial charge in [0.25, 0.3) is 0 Å². The van der Waals surface area contributed by atoms with Crippen LogP contribution < -0.4 is 10.2 Å². The lowest BCUT2D eigenvalue weighted by Crippen LogP contribution is -2.61. The van der Waals surface area contributed by atoms with Crippen molar-refractivity contribution in [1.29, 1.82) is 0 Å². The van der Waals surface area contributed by atoms with Gasteiger partial charge in [-0.25, -0.2) is 19.7 Å². The second kappa shape index (κ2) is 9.94. The molecule has 4 heterocycles. The lowest BCUT2D eigenvalue weighted by molar-refractivity contribution is -0.139. The molecule has 186 valence electrons. The van der Waals surface area contributed by atoms with Gasteiger partial charge in [-0.05, 0) is 19.1 Å². The minimum Gasteiger partial charge on any atom is -0.450 e. The molecule has 0 radical (unpaired) electrons. The molecule has 0 aromatic carbocycles. The maximum absolute atomic E-state index is 12.8. The monoisotopic (exact) mass is 511 g/mol. The molecule has 1 saturated heterocycles. The number of aromatic nitrogens is 4. The van der Waals surface area contributed by atoms with E-state index in [1.54, 1.807) is 30.2 Å². The first-order valence-electron chi connectivity index (χ1n) is 10.6. The molecule has 1 atom stereocenters. The lowest BCUT2D eigenvalue weighted by atomic mass is 10.1. The predicted molar refractivity (Wildman–Crippen MR) is 121 cm³/mol. The van der Waals surface area contributed by atoms with Crippen LogP contribution >= 0.6 is 11.6 Å². The van der Waals surface area contributed by atoms with Crippen LogP contribution in [0.1, 0.15) is 6.92 Å². The number of carbonyl (C=O) groups is 2. The Bertz CT molecular complexity index is 1240. The smallest absolute Gasteiger partial charge is 0.409 e. The van der Waals surface area contributed by atoms with Crippen molar-refractivity contribution in [2.45, 2.75) is 19.1 Å². The maximum Gasteiger partial charge on any atom is 0.409 e. The number of anilines is 1. The Labute approximate surface area is 202 Å². The number of carbonyl (C=O) groups excluding carboxylic acids is 2. The number of hydrogen-bond donors (Lipinski definition) is 2. The van der Waals surface area contributed by atoms with Crippen molar-refractivity contribution in [2.75, 3.05) is 37.7 Å². The Morgan fingerprint density at radius 3 is 2.86 bits per heavy atom. The summed E-state index contributed by atoms with van der Waals surface area (Å²) >= 11 is 6.07. The first-order chi connectivity index (χ1) is 16.7. The molecule has 3 aromatic heterocycles. The second-order valence-corrected chi connectivity index (χ2v) is 8.11. The number of halogens is 4. The Balaban J connectivity index is 1.64. The van der Waals surface area contributed by atoms with E-state index in [0.29, 0.717) is 33.3 Å². The Morgan fingerprint density at radius 1 is 1.31 bits per heavy atom. The summed E-state index contributed by atoms with van der Waals surface area (Å²) in [7, 11) is 0. The average molecular weight is 512 g/mol. The van der Waals surface area contributed by atoms with Gasteiger partial charge in [0.2, 0.25) is 5.91 Å². The van der Waals surface area contributed by atoms with Gasteiger partial charge in [-0.2, -0.15) is 13.2 Å². The quantitative estimate of drug-likeness (QED) is 0.541. The molecule has 14 heteroatoms. The van der Waals surface area contributed by atoms with Gasteiger partial charge in [0.05, 0.1) is 18.2 Å². The van der Waals surface area contributed by atoms with Gasteiger partial charge in [-0.3, -0.25) is 4.79 Å². The molecule has 35 heavy (non-hydrogen) atoms. The van der Waals surface area contributed by atoms with Crippen LogP contribution in [-0.4, -0.2) is 81.8 Å². The zero-order chi connectivity index (χ0) is 25.2. The highest BCUT2D eigenvalue weighted by molar-refractivity contribution is 6.31. The van der Waals surface area contributed by atoms with Crippen LogP contribution in [-0.2, 0) is 9.53 Å². The van der Waals surface area contributed by atoms with E-state index in [9.17, 15) is 22.8 Å². The molecule has 3 aromatic rings. The van der Waals surface area contributed by atoms with Crippen LogP contribution in [0, 0.1) is 0 Å². The van der Waals surface area contributed by atoms with Gasteiger partial charge in [0.1, 0.15) is 24.1 Å². The third-order valence-electron chi connectivity index (χ3n) is 5.35. The van der Waals surface area contributed by atoms with Crippen LogP contribution in [0.2, 0.25) is 5.02 Å². The molecule has 0 aliphatic carbocycles. The minimum atomic E-state index is -4.58. The topological polar surface area (TPSA) is 116 Å². The molecule has 10 nitrogen and oxygen atoms in total. The molecular formula is C21H21ClF3N7O3. The first-order valence-corrected chi connectivity index (χ1v) is 11.0. The van der Waals surface area contributed by atoms with Crippen molar-refractivity contribution < 1.29 is 27.5 Å². The molecule has 1 fully saturated rings. The number of ether oxygens (including phenoxy) is 1. The third kappa shape index (κ3) is 5.56. The van der Waals surface area contributed by atoms with E-state index < -0.39 is 30.8 Å². The normalized spacial score (nSPS) is 16.4. The van der Waals surface area contributed by atoms with Crippen LogP contribution in [0.5, 0.6) is 0 Å². The van der Waals surface area contributed by atoms with E-state index >= 15 is 0 Å². The summed E-state index contributed by atoms with van der Waals surface area (Å²) in [5.41, 5.74) is 1.19. The number of piperazine rings is 1. The van der Waals surface area contributed by atoms with E-state index in [-0.39, 0.29) is 26.2 Å². The standard InChI is InChI=1S/C21H21ClF3N7O3/c1-2-35-20(34)31-5-6-32(15(10-31)19(33)29-11-21(23,24)25)16-3-4-26-18(30-16)14-9-28-17-13(14)7-12(22)8-27-17/h3-4,7-9,15H,2,5-6,10-11H2,1H3,(H,27,28)(H,29,33)/t15-/m1/s1. The number of alkyl halides is 3. The largest absolute Gasteiger partial charge is 0.450 e. The van der Waals surface area contributed by atoms with Crippen LogP contribution in [0.4, 0.5) is 23.8 Å². The fraction of sp³-hybridized carbons (Fsp3) is 0.381. The number of nitrogens with zero attached hydrogens (tertiary/aromatic N) is 5. The average Bonchev–Trinajstić information content (AvgIpc) is 3.25. The van der Waals surface area contributed by atoms with Crippen LogP contribution in [0.3, 0.4) is 0 Å². The molecule has 1 aliphatic rings. The van der Waals surface area contributed by atoms with E-state index in [2.05, 4.69) is 19.9 Å². The van der Waals surface area contributed by atoms with Crippen molar-refractivity contribution in [3.05, 3.63) is 35.7 Å². The summed E-state index contributed by atoms with van der Waals surface area (Å²) < 4.78 is 43.2. The number of rotatable bonds is 5. The van der Waals surface area contributed by atoms with E-state index in [1.807, 2.05) is 5.32 Å². The summed E-state index contributed by atoms with van der Waals surface area (Å²) in [5.74, 6) is -0.269. The SMILES string of the molecule is CCOC(=O)N1CCN(c2ccnc(-c3c[nH]c4ncc(Cl)cc34)n2)[C@@H](C(=O)NCC(F)(F)F)C1. The van der Waals surface area contributed by atoms with Crippen molar-refractivity contribution in [3.63, 3.8) is 0 Å². The molecular weight excluding hydrogens is 491 g/mol. The highest BCUT2D eigenvalue weighted by atomic mass is 35.5. The molecule has 0 unspecified atom stereocenters. The van der Waals surface area contributed by atoms with Gasteiger partial charge in [0, 0.05) is 42.6 Å². The van der Waals surface area contributed by atoms with Crippen LogP contribution in [0.25, 0.3) is 22.4 Å². The molecule has 2 N–H and O–H groups in total. The lowest BCUT2D eigenvalue weighted by Gasteiger charge is -2.40. The van der Waals surface area contributed by atoms with Gasteiger partial charge in [0.15, 0.2) is 5.82 Å². The number of pyridine rings is 1. The molecule has 1 aliphatic heterocycles. The van der Waals surface area contributed by atoms with Crippen molar-refractivity contribution in [3.8, 4) is 11.4 Å².